The van der Waals surface area contributed by atoms with Crippen molar-refractivity contribution < 1.29 is 14.6 Å². The van der Waals surface area contributed by atoms with Gasteiger partial charge in [0, 0.05) is 0 Å². The average molecular weight is 225 g/mol. The molecule has 4 nitrogen and oxygen atoms in total. The lowest BCUT2D eigenvalue weighted by atomic mass is 10.1. The van der Waals surface area contributed by atoms with Crippen LogP contribution >= 0.6 is 0 Å². The van der Waals surface area contributed by atoms with Gasteiger partial charge in [-0.3, -0.25) is 0 Å². The molecule has 0 fully saturated rings. The number of hydrogen-bond acceptors (Lipinski definition) is 3. The minimum Gasteiger partial charge on any atom is -0.478 e. The molecule has 16 heavy (non-hydrogen) atoms. The van der Waals surface area contributed by atoms with E-state index in [4.69, 9.17) is 9.84 Å². The molecule has 1 aromatic carbocycles. The quantitative estimate of drug-likeness (QED) is 0.823. The van der Waals surface area contributed by atoms with Crippen LogP contribution in [0.3, 0.4) is 0 Å². The van der Waals surface area contributed by atoms with Crippen LogP contribution in [0.2, 0.25) is 0 Å². The zero-order chi connectivity index (χ0) is 12.6. The first kappa shape index (κ1) is 14.5. The maximum atomic E-state index is 10.7. The molecule has 0 atom stereocenters. The Bertz CT molecular complexity index is 309. The third-order valence-electron chi connectivity index (χ3n) is 1.63. The van der Waals surface area contributed by atoms with Crippen molar-refractivity contribution in [3.8, 4) is 5.75 Å². The average Bonchev–Trinajstić information content (AvgIpc) is 2.19. The molecule has 0 aliphatic heterocycles. The number of benzene rings is 1. The summed E-state index contributed by atoms with van der Waals surface area (Å²) in [6.07, 6.45) is 0. The molecule has 0 unspecified atom stereocenters. The van der Waals surface area contributed by atoms with Gasteiger partial charge in [0.2, 0.25) is 0 Å². The van der Waals surface area contributed by atoms with Crippen LogP contribution in [-0.2, 0) is 4.79 Å². The van der Waals surface area contributed by atoms with Crippen molar-refractivity contribution in [1.29, 1.82) is 0 Å². The highest BCUT2D eigenvalue weighted by Gasteiger charge is 2.29. The van der Waals surface area contributed by atoms with Crippen LogP contribution < -0.4 is 10.1 Å². The minimum atomic E-state index is -1.18. The summed E-state index contributed by atoms with van der Waals surface area (Å²) in [4.78, 5) is 10.7. The van der Waals surface area contributed by atoms with E-state index in [1.807, 2.05) is 20.2 Å². The molecule has 4 heteroatoms. The predicted octanol–water partition coefficient (Wildman–Crippen LogP) is 1.76. The van der Waals surface area contributed by atoms with E-state index in [-0.39, 0.29) is 0 Å². The lowest BCUT2D eigenvalue weighted by Gasteiger charge is -2.21. The van der Waals surface area contributed by atoms with Crippen LogP contribution in [0.4, 0.5) is 0 Å². The topological polar surface area (TPSA) is 58.6 Å². The van der Waals surface area contributed by atoms with E-state index in [0.29, 0.717) is 5.75 Å². The smallest absolute Gasteiger partial charge is 0.347 e. The number of carbonyl (C=O) groups is 1. The third-order valence-corrected chi connectivity index (χ3v) is 1.63. The van der Waals surface area contributed by atoms with Crippen LogP contribution in [0.5, 0.6) is 5.75 Å². The Labute approximate surface area is 96.2 Å². The van der Waals surface area contributed by atoms with E-state index < -0.39 is 11.6 Å². The van der Waals surface area contributed by atoms with E-state index in [9.17, 15) is 4.79 Å². The SMILES string of the molecule is CC(C)(Oc1ccccc1)C(=O)O.CNC. The standard InChI is InChI=1S/C10H12O3.C2H7N/c1-10(2,9(11)12)13-8-6-4-3-5-7-8;1-3-2/h3-7H,1-2H3,(H,11,12);3H,1-2H3. The molecule has 0 radical (unpaired) electrons. The van der Waals surface area contributed by atoms with Gasteiger partial charge < -0.3 is 15.2 Å². The minimum absolute atomic E-state index is 0.565. The summed E-state index contributed by atoms with van der Waals surface area (Å²) in [6.45, 7) is 3.03. The first-order valence-electron chi connectivity index (χ1n) is 5.00. The number of nitrogens with one attached hydrogen (secondary N) is 1. The Morgan fingerprint density at radius 3 is 2.06 bits per heavy atom. The van der Waals surface area contributed by atoms with Crippen LogP contribution in [-0.4, -0.2) is 30.8 Å². The Balaban J connectivity index is 0.000000673. The second kappa shape index (κ2) is 6.85. The molecule has 0 aromatic heterocycles. The highest BCUT2D eigenvalue weighted by molar-refractivity contribution is 5.76. The number of ether oxygens (including phenoxy) is 1. The maximum Gasteiger partial charge on any atom is 0.347 e. The van der Waals surface area contributed by atoms with E-state index in [1.165, 1.54) is 13.8 Å². The number of aliphatic carboxylic acids is 1. The fourth-order valence-corrected chi connectivity index (χ4v) is 0.827. The predicted molar refractivity (Wildman–Crippen MR) is 63.8 cm³/mol. The number of carboxylic acid groups (broad SMARTS) is 1. The summed E-state index contributed by atoms with van der Waals surface area (Å²) in [5.74, 6) is -0.411. The molecule has 1 rings (SSSR count). The van der Waals surface area contributed by atoms with Gasteiger partial charge in [-0.25, -0.2) is 4.79 Å². The van der Waals surface area contributed by atoms with Gasteiger partial charge in [0.1, 0.15) is 5.75 Å². The van der Waals surface area contributed by atoms with Crippen molar-refractivity contribution in [2.24, 2.45) is 0 Å². The van der Waals surface area contributed by atoms with Crippen molar-refractivity contribution in [2.45, 2.75) is 19.4 Å². The number of hydrogen-bond donors (Lipinski definition) is 2. The zero-order valence-electron chi connectivity index (χ0n) is 10.2. The van der Waals surface area contributed by atoms with E-state index in [0.717, 1.165) is 0 Å². The van der Waals surface area contributed by atoms with Crippen LogP contribution in [0.1, 0.15) is 13.8 Å². The van der Waals surface area contributed by atoms with Gasteiger partial charge >= 0.3 is 5.97 Å². The van der Waals surface area contributed by atoms with E-state index in [2.05, 4.69) is 5.32 Å². The van der Waals surface area contributed by atoms with Crippen molar-refractivity contribution >= 4 is 5.97 Å². The lowest BCUT2D eigenvalue weighted by molar-refractivity contribution is -0.152. The summed E-state index contributed by atoms with van der Waals surface area (Å²) in [5, 5.41) is 11.5. The molecule has 2 N–H and O–H groups in total. The monoisotopic (exact) mass is 225 g/mol. The Morgan fingerprint density at radius 2 is 1.69 bits per heavy atom. The highest BCUT2D eigenvalue weighted by Crippen LogP contribution is 2.17. The van der Waals surface area contributed by atoms with Gasteiger partial charge in [-0.05, 0) is 40.1 Å². The van der Waals surface area contributed by atoms with Gasteiger partial charge in [-0.15, -0.1) is 0 Å². The summed E-state index contributed by atoms with van der Waals surface area (Å²) in [7, 11) is 3.75. The highest BCUT2D eigenvalue weighted by atomic mass is 16.5. The zero-order valence-corrected chi connectivity index (χ0v) is 10.2. The molecule has 0 spiro atoms. The van der Waals surface area contributed by atoms with Gasteiger partial charge in [0.15, 0.2) is 5.60 Å². The fourth-order valence-electron chi connectivity index (χ4n) is 0.827. The number of para-hydroxylation sites is 1. The van der Waals surface area contributed by atoms with Crippen molar-refractivity contribution in [2.75, 3.05) is 14.1 Å². The Hall–Kier alpha value is -1.55. The number of carboxylic acids is 1. The van der Waals surface area contributed by atoms with Crippen LogP contribution in [0.25, 0.3) is 0 Å². The van der Waals surface area contributed by atoms with Gasteiger partial charge in [-0.1, -0.05) is 18.2 Å². The van der Waals surface area contributed by atoms with Gasteiger partial charge in [0.05, 0.1) is 0 Å². The second-order valence-corrected chi connectivity index (χ2v) is 3.73. The van der Waals surface area contributed by atoms with E-state index in [1.54, 1.807) is 24.3 Å². The first-order chi connectivity index (χ1) is 7.44. The molecule has 0 amide bonds. The molecule has 0 saturated carbocycles. The normalized spacial score (nSPS) is 10.0. The molecular weight excluding hydrogens is 206 g/mol. The molecule has 0 bridgehead atoms. The third kappa shape index (κ3) is 5.36. The van der Waals surface area contributed by atoms with E-state index >= 15 is 0 Å². The van der Waals surface area contributed by atoms with Gasteiger partial charge in [-0.2, -0.15) is 0 Å². The molecule has 0 saturated heterocycles. The van der Waals surface area contributed by atoms with Gasteiger partial charge in [0.25, 0.3) is 0 Å². The van der Waals surface area contributed by atoms with Crippen molar-refractivity contribution in [1.82, 2.24) is 5.32 Å². The second-order valence-electron chi connectivity index (χ2n) is 3.73. The summed E-state index contributed by atoms with van der Waals surface area (Å²) in [6, 6.07) is 8.90. The lowest BCUT2D eigenvalue weighted by Crippen LogP contribution is -2.37. The molecular formula is C12H19NO3. The number of rotatable bonds is 3. The van der Waals surface area contributed by atoms with Crippen LogP contribution in [0, 0.1) is 0 Å². The first-order valence-corrected chi connectivity index (χ1v) is 5.00. The molecule has 0 aliphatic rings. The Morgan fingerprint density at radius 1 is 1.25 bits per heavy atom. The van der Waals surface area contributed by atoms with Crippen LogP contribution in [0.15, 0.2) is 30.3 Å². The maximum absolute atomic E-state index is 10.7. The Kier molecular flexibility index (Phi) is 6.18. The summed E-state index contributed by atoms with van der Waals surface area (Å²) in [5.41, 5.74) is -1.18. The summed E-state index contributed by atoms with van der Waals surface area (Å²) >= 11 is 0. The summed E-state index contributed by atoms with van der Waals surface area (Å²) < 4.78 is 5.26. The van der Waals surface area contributed by atoms with Crippen molar-refractivity contribution in [3.63, 3.8) is 0 Å². The van der Waals surface area contributed by atoms with Crippen molar-refractivity contribution in [3.05, 3.63) is 30.3 Å². The molecule has 0 heterocycles. The molecule has 90 valence electrons. The largest absolute Gasteiger partial charge is 0.478 e. The molecule has 1 aromatic rings. The fraction of sp³-hybridized carbons (Fsp3) is 0.417. The molecule has 0 aliphatic carbocycles.